The number of amides is 1. The molecule has 0 saturated carbocycles. The van der Waals surface area contributed by atoms with Crippen molar-refractivity contribution in [2.45, 2.75) is 26.3 Å². The van der Waals surface area contributed by atoms with E-state index in [0.717, 1.165) is 17.1 Å². The fraction of sp³-hybridized carbons (Fsp3) is 0.294. The molecule has 1 unspecified atom stereocenters. The SMILES string of the molecule is CC(C)CC(NC(=O)c1ccc([N+](=O)[O-])o1)c1nc2ccccc2[nH]1. The van der Waals surface area contributed by atoms with E-state index in [4.69, 9.17) is 4.42 Å². The lowest BCUT2D eigenvalue weighted by Gasteiger charge is -2.18. The van der Waals surface area contributed by atoms with Gasteiger partial charge in [0.2, 0.25) is 0 Å². The second kappa shape index (κ2) is 6.76. The van der Waals surface area contributed by atoms with Crippen LogP contribution in [-0.2, 0) is 0 Å². The van der Waals surface area contributed by atoms with Crippen LogP contribution in [0.1, 0.15) is 42.7 Å². The Balaban J connectivity index is 1.84. The Labute approximate surface area is 143 Å². The molecule has 3 rings (SSSR count). The Morgan fingerprint density at radius 2 is 2.08 bits per heavy atom. The van der Waals surface area contributed by atoms with E-state index in [1.807, 2.05) is 38.1 Å². The maximum absolute atomic E-state index is 12.4. The van der Waals surface area contributed by atoms with Gasteiger partial charge in [0.1, 0.15) is 10.7 Å². The molecule has 0 radical (unpaired) electrons. The van der Waals surface area contributed by atoms with Gasteiger partial charge in [-0.15, -0.1) is 0 Å². The Hall–Kier alpha value is -3.16. The largest absolute Gasteiger partial charge is 0.433 e. The first-order valence-corrected chi connectivity index (χ1v) is 7.93. The number of imidazole rings is 1. The number of aromatic nitrogens is 2. The zero-order valence-electron chi connectivity index (χ0n) is 13.9. The molecule has 0 fully saturated rings. The van der Waals surface area contributed by atoms with Crippen LogP contribution in [0.25, 0.3) is 11.0 Å². The molecule has 2 N–H and O–H groups in total. The zero-order valence-corrected chi connectivity index (χ0v) is 13.9. The van der Waals surface area contributed by atoms with Crippen molar-refractivity contribution in [3.05, 3.63) is 58.1 Å². The van der Waals surface area contributed by atoms with Crippen LogP contribution in [-0.4, -0.2) is 20.8 Å². The number of hydrogen-bond acceptors (Lipinski definition) is 5. The molecule has 130 valence electrons. The number of para-hydroxylation sites is 2. The van der Waals surface area contributed by atoms with Crippen molar-refractivity contribution in [2.75, 3.05) is 0 Å². The van der Waals surface area contributed by atoms with Crippen LogP contribution in [0.15, 0.2) is 40.8 Å². The number of nitrogens with zero attached hydrogens (tertiary/aromatic N) is 2. The molecule has 2 heterocycles. The third-order valence-corrected chi connectivity index (χ3v) is 3.75. The standard InChI is InChI=1S/C17H18N4O4/c1-10(2)9-13(16-18-11-5-3-4-6-12(11)19-16)20-17(22)14-7-8-15(25-14)21(23)24/h3-8,10,13H,9H2,1-2H3,(H,18,19)(H,20,22). The highest BCUT2D eigenvalue weighted by Crippen LogP contribution is 2.23. The Kier molecular flexibility index (Phi) is 4.51. The fourth-order valence-electron chi connectivity index (χ4n) is 2.63. The minimum atomic E-state index is -0.679. The summed E-state index contributed by atoms with van der Waals surface area (Å²) in [6, 6.07) is 9.69. The van der Waals surface area contributed by atoms with E-state index in [2.05, 4.69) is 15.3 Å². The van der Waals surface area contributed by atoms with E-state index in [9.17, 15) is 14.9 Å². The van der Waals surface area contributed by atoms with Crippen LogP contribution < -0.4 is 5.32 Å². The van der Waals surface area contributed by atoms with Gasteiger partial charge in [0.15, 0.2) is 5.76 Å². The minimum absolute atomic E-state index is 0.100. The highest BCUT2D eigenvalue weighted by molar-refractivity contribution is 5.92. The molecular formula is C17H18N4O4. The van der Waals surface area contributed by atoms with E-state index in [1.165, 1.54) is 6.07 Å². The number of nitrogens with one attached hydrogen (secondary N) is 2. The number of nitro groups is 1. The molecule has 1 aromatic carbocycles. The number of hydrogen-bond donors (Lipinski definition) is 2. The molecule has 8 nitrogen and oxygen atoms in total. The molecule has 1 amide bonds. The van der Waals surface area contributed by atoms with Crippen LogP contribution >= 0.6 is 0 Å². The van der Waals surface area contributed by atoms with Gasteiger partial charge >= 0.3 is 5.88 Å². The normalized spacial score (nSPS) is 12.4. The monoisotopic (exact) mass is 342 g/mol. The maximum Gasteiger partial charge on any atom is 0.433 e. The van der Waals surface area contributed by atoms with Gasteiger partial charge in [-0.25, -0.2) is 4.98 Å². The van der Waals surface area contributed by atoms with Crippen LogP contribution in [0.5, 0.6) is 0 Å². The van der Waals surface area contributed by atoms with Gasteiger partial charge in [0.25, 0.3) is 5.91 Å². The van der Waals surface area contributed by atoms with Gasteiger partial charge < -0.3 is 14.7 Å². The summed E-state index contributed by atoms with van der Waals surface area (Å²) in [5.74, 6) is -0.126. The van der Waals surface area contributed by atoms with Crippen molar-refractivity contribution in [1.29, 1.82) is 0 Å². The average molecular weight is 342 g/mol. The molecule has 3 aromatic rings. The highest BCUT2D eigenvalue weighted by atomic mass is 16.6. The van der Waals surface area contributed by atoms with E-state index >= 15 is 0 Å². The topological polar surface area (TPSA) is 114 Å². The van der Waals surface area contributed by atoms with Gasteiger partial charge in [-0.1, -0.05) is 26.0 Å². The third-order valence-electron chi connectivity index (χ3n) is 3.75. The molecule has 8 heteroatoms. The molecule has 1 atom stereocenters. The summed E-state index contributed by atoms with van der Waals surface area (Å²) in [6.45, 7) is 4.08. The number of carbonyl (C=O) groups is 1. The number of aromatic amines is 1. The van der Waals surface area contributed by atoms with Gasteiger partial charge in [-0.2, -0.15) is 0 Å². The summed E-state index contributed by atoms with van der Waals surface area (Å²) in [4.78, 5) is 30.2. The summed E-state index contributed by atoms with van der Waals surface area (Å²) in [7, 11) is 0. The number of H-pyrrole nitrogens is 1. The Morgan fingerprint density at radius 1 is 1.32 bits per heavy atom. The summed E-state index contributed by atoms with van der Waals surface area (Å²) >= 11 is 0. The van der Waals surface area contributed by atoms with Crippen LogP contribution in [0.2, 0.25) is 0 Å². The first-order chi connectivity index (χ1) is 11.9. The maximum atomic E-state index is 12.4. The van der Waals surface area contributed by atoms with Crippen molar-refractivity contribution in [2.24, 2.45) is 5.92 Å². The van der Waals surface area contributed by atoms with Crippen LogP contribution in [0.4, 0.5) is 5.88 Å². The highest BCUT2D eigenvalue weighted by Gasteiger charge is 2.23. The predicted molar refractivity (Wildman–Crippen MR) is 91.1 cm³/mol. The van der Waals surface area contributed by atoms with E-state index in [1.54, 1.807) is 0 Å². The third kappa shape index (κ3) is 3.68. The smallest absolute Gasteiger partial charge is 0.395 e. The van der Waals surface area contributed by atoms with Crippen LogP contribution in [0, 0.1) is 16.0 Å². The molecule has 0 aliphatic carbocycles. The number of carbonyl (C=O) groups excluding carboxylic acids is 1. The number of benzene rings is 1. The second-order valence-corrected chi connectivity index (χ2v) is 6.19. The zero-order chi connectivity index (χ0) is 18.0. The fourth-order valence-corrected chi connectivity index (χ4v) is 2.63. The van der Waals surface area contributed by atoms with Crippen molar-refractivity contribution >= 4 is 22.8 Å². The number of fused-ring (bicyclic) bond motifs is 1. The summed E-state index contributed by atoms with van der Waals surface area (Å²) in [5, 5.41) is 13.5. The minimum Gasteiger partial charge on any atom is -0.395 e. The quantitative estimate of drug-likeness (QED) is 0.525. The first-order valence-electron chi connectivity index (χ1n) is 7.93. The first kappa shape index (κ1) is 16.7. The molecule has 0 aliphatic heterocycles. The molecule has 0 saturated heterocycles. The van der Waals surface area contributed by atoms with E-state index in [-0.39, 0.29) is 11.8 Å². The average Bonchev–Trinajstić information content (AvgIpc) is 3.20. The Morgan fingerprint density at radius 3 is 2.72 bits per heavy atom. The van der Waals surface area contributed by atoms with Crippen molar-refractivity contribution in [3.63, 3.8) is 0 Å². The lowest BCUT2D eigenvalue weighted by Crippen LogP contribution is -2.30. The van der Waals surface area contributed by atoms with Gasteiger partial charge in [0.05, 0.1) is 23.1 Å². The molecular weight excluding hydrogens is 324 g/mol. The predicted octanol–water partition coefficient (Wildman–Crippen LogP) is 3.58. The van der Waals surface area contributed by atoms with E-state index in [0.29, 0.717) is 18.2 Å². The molecule has 25 heavy (non-hydrogen) atoms. The summed E-state index contributed by atoms with van der Waals surface area (Å²) in [5.41, 5.74) is 1.70. The van der Waals surface area contributed by atoms with Crippen molar-refractivity contribution in [3.8, 4) is 0 Å². The van der Waals surface area contributed by atoms with Crippen molar-refractivity contribution in [1.82, 2.24) is 15.3 Å². The molecule has 0 spiro atoms. The van der Waals surface area contributed by atoms with Gasteiger partial charge in [-0.3, -0.25) is 14.9 Å². The van der Waals surface area contributed by atoms with E-state index < -0.39 is 16.7 Å². The number of furan rings is 1. The molecule has 2 aromatic heterocycles. The van der Waals surface area contributed by atoms with Gasteiger partial charge in [-0.05, 0) is 30.5 Å². The Bertz CT molecular complexity index is 879. The second-order valence-electron chi connectivity index (χ2n) is 6.19. The molecule has 0 aliphatic rings. The number of rotatable bonds is 6. The van der Waals surface area contributed by atoms with Crippen molar-refractivity contribution < 1.29 is 14.1 Å². The summed E-state index contributed by atoms with van der Waals surface area (Å²) in [6.07, 6.45) is 0.661. The van der Waals surface area contributed by atoms with Gasteiger partial charge in [0, 0.05) is 0 Å². The lowest BCUT2D eigenvalue weighted by atomic mass is 10.0. The lowest BCUT2D eigenvalue weighted by molar-refractivity contribution is -0.402. The summed E-state index contributed by atoms with van der Waals surface area (Å²) < 4.78 is 4.97. The van der Waals surface area contributed by atoms with Crippen LogP contribution in [0.3, 0.4) is 0 Å². The molecule has 0 bridgehead atoms.